The van der Waals surface area contributed by atoms with Gasteiger partial charge in [0, 0.05) is 30.5 Å². The van der Waals surface area contributed by atoms with E-state index in [4.69, 9.17) is 0 Å². The predicted molar refractivity (Wildman–Crippen MR) is 96.1 cm³/mol. The van der Waals surface area contributed by atoms with E-state index in [0.29, 0.717) is 12.1 Å². The predicted octanol–water partition coefficient (Wildman–Crippen LogP) is 3.30. The summed E-state index contributed by atoms with van der Waals surface area (Å²) in [5.74, 6) is 0. The highest BCUT2D eigenvalue weighted by molar-refractivity contribution is 5.40. The second-order valence-corrected chi connectivity index (χ2v) is 6.21. The Morgan fingerprint density at radius 2 is 2.00 bits per heavy atom. The molecule has 1 aliphatic rings. The molecule has 1 atom stereocenters. The van der Waals surface area contributed by atoms with Crippen molar-refractivity contribution < 1.29 is 0 Å². The molecule has 5 heteroatoms. The molecule has 126 valence electrons. The summed E-state index contributed by atoms with van der Waals surface area (Å²) in [4.78, 5) is 17.1. The molecule has 3 aromatic heterocycles. The Labute approximate surface area is 141 Å². The highest BCUT2D eigenvalue weighted by Gasteiger charge is 2.19. The minimum atomic E-state index is -0.0532. The summed E-state index contributed by atoms with van der Waals surface area (Å²) in [7, 11) is 0. The monoisotopic (exact) mass is 324 g/mol. The van der Waals surface area contributed by atoms with E-state index in [-0.39, 0.29) is 5.56 Å². The van der Waals surface area contributed by atoms with Gasteiger partial charge in [0.1, 0.15) is 5.65 Å². The normalized spacial score (nSPS) is 15.9. The topological polar surface area (TPSA) is 62.2 Å². The third-order valence-electron chi connectivity index (χ3n) is 4.41. The number of nitrogens with one attached hydrogen (secondary N) is 2. The zero-order valence-electron chi connectivity index (χ0n) is 14.0. The van der Waals surface area contributed by atoms with E-state index in [1.54, 1.807) is 18.3 Å². The van der Waals surface area contributed by atoms with Crippen molar-refractivity contribution in [2.75, 3.05) is 0 Å². The van der Waals surface area contributed by atoms with Crippen LogP contribution in [0.3, 0.4) is 0 Å². The molecule has 3 heterocycles. The molecule has 1 aliphatic carbocycles. The van der Waals surface area contributed by atoms with E-state index in [0.717, 1.165) is 5.65 Å². The number of fused-ring (bicyclic) bond motifs is 1. The first-order chi connectivity index (χ1) is 11.7. The van der Waals surface area contributed by atoms with Crippen molar-refractivity contribution in [3.63, 3.8) is 0 Å². The van der Waals surface area contributed by atoms with Crippen molar-refractivity contribution in [1.82, 2.24) is 19.7 Å². The molecule has 0 bridgehead atoms. The molecule has 0 saturated heterocycles. The van der Waals surface area contributed by atoms with E-state index in [9.17, 15) is 4.79 Å². The smallest absolute Gasteiger partial charge is 0.247 e. The van der Waals surface area contributed by atoms with Crippen LogP contribution < -0.4 is 10.9 Å². The van der Waals surface area contributed by atoms with Crippen molar-refractivity contribution in [2.45, 2.75) is 44.7 Å². The van der Waals surface area contributed by atoms with Crippen LogP contribution in [0.25, 0.3) is 5.65 Å². The lowest BCUT2D eigenvalue weighted by molar-refractivity contribution is 0.453. The quantitative estimate of drug-likeness (QED) is 0.777. The Morgan fingerprint density at radius 1 is 1.21 bits per heavy atom. The van der Waals surface area contributed by atoms with Crippen molar-refractivity contribution in [3.8, 4) is 0 Å². The van der Waals surface area contributed by atoms with Crippen molar-refractivity contribution in [2.24, 2.45) is 0 Å². The highest BCUT2D eigenvalue weighted by Crippen LogP contribution is 2.22. The Kier molecular flexibility index (Phi) is 5.43. The van der Waals surface area contributed by atoms with E-state index in [2.05, 4.69) is 38.9 Å². The zero-order chi connectivity index (χ0) is 16.8. The molecule has 0 aromatic carbocycles. The Balaban J connectivity index is 0.000000203. The molecule has 0 spiro atoms. The van der Waals surface area contributed by atoms with Crippen LogP contribution in [-0.4, -0.2) is 20.4 Å². The largest absolute Gasteiger partial charge is 0.329 e. The molecule has 1 saturated carbocycles. The summed E-state index contributed by atoms with van der Waals surface area (Å²) in [6.07, 6.45) is 11.1. The maximum atomic E-state index is 10.2. The fraction of sp³-hybridized carbons (Fsp3) is 0.368. The van der Waals surface area contributed by atoms with Gasteiger partial charge in [-0.05, 0) is 38.0 Å². The second kappa shape index (κ2) is 7.93. The third-order valence-corrected chi connectivity index (χ3v) is 4.41. The molecule has 4 rings (SSSR count). The second-order valence-electron chi connectivity index (χ2n) is 6.21. The van der Waals surface area contributed by atoms with Crippen molar-refractivity contribution in [1.29, 1.82) is 0 Å². The van der Waals surface area contributed by atoms with E-state index in [1.165, 1.54) is 37.4 Å². The molecule has 24 heavy (non-hydrogen) atoms. The van der Waals surface area contributed by atoms with Gasteiger partial charge in [-0.25, -0.2) is 4.98 Å². The van der Waals surface area contributed by atoms with Gasteiger partial charge in [-0.15, -0.1) is 0 Å². The SMILES string of the molecule is CC(NC1CCCC1)c1cnc2ccccn12.O=c1cccc[nH]1. The fourth-order valence-corrected chi connectivity index (χ4v) is 3.18. The fourth-order valence-electron chi connectivity index (χ4n) is 3.18. The maximum absolute atomic E-state index is 10.2. The number of aromatic amines is 1. The number of nitrogens with zero attached hydrogens (tertiary/aromatic N) is 2. The van der Waals surface area contributed by atoms with E-state index < -0.39 is 0 Å². The van der Waals surface area contributed by atoms with Crippen LogP contribution in [0.15, 0.2) is 59.8 Å². The molecule has 0 amide bonds. The van der Waals surface area contributed by atoms with E-state index >= 15 is 0 Å². The number of hydrogen-bond acceptors (Lipinski definition) is 3. The van der Waals surface area contributed by atoms with Crippen LogP contribution in [0.5, 0.6) is 0 Å². The number of rotatable bonds is 3. The molecular weight excluding hydrogens is 300 g/mol. The van der Waals surface area contributed by atoms with Gasteiger partial charge in [-0.1, -0.05) is 25.0 Å². The minimum absolute atomic E-state index is 0.0532. The Bertz CT molecular complexity index is 800. The molecule has 1 unspecified atom stereocenters. The lowest BCUT2D eigenvalue weighted by Gasteiger charge is -2.18. The van der Waals surface area contributed by atoms with Gasteiger partial charge in [0.2, 0.25) is 5.56 Å². The van der Waals surface area contributed by atoms with Gasteiger partial charge in [0.15, 0.2) is 0 Å². The highest BCUT2D eigenvalue weighted by atomic mass is 16.1. The van der Waals surface area contributed by atoms with Crippen LogP contribution in [-0.2, 0) is 0 Å². The van der Waals surface area contributed by atoms with E-state index in [1.807, 2.05) is 18.3 Å². The summed E-state index contributed by atoms with van der Waals surface area (Å²) in [5.41, 5.74) is 2.23. The molecular formula is C19H24N4O. The van der Waals surface area contributed by atoms with Crippen molar-refractivity contribution >= 4 is 5.65 Å². The summed E-state index contributed by atoms with van der Waals surface area (Å²) >= 11 is 0. The number of H-pyrrole nitrogens is 1. The summed E-state index contributed by atoms with van der Waals surface area (Å²) < 4.78 is 2.17. The first-order valence-corrected chi connectivity index (χ1v) is 8.56. The Morgan fingerprint density at radius 3 is 2.67 bits per heavy atom. The molecule has 0 aliphatic heterocycles. The van der Waals surface area contributed by atoms with Gasteiger partial charge >= 0.3 is 0 Å². The van der Waals surface area contributed by atoms with Crippen LogP contribution in [0, 0.1) is 0 Å². The van der Waals surface area contributed by atoms with Crippen molar-refractivity contribution in [3.05, 3.63) is 71.0 Å². The summed E-state index contributed by atoms with van der Waals surface area (Å²) in [5, 5.41) is 3.71. The van der Waals surface area contributed by atoms with Crippen LogP contribution in [0.4, 0.5) is 0 Å². The lowest BCUT2D eigenvalue weighted by atomic mass is 10.2. The maximum Gasteiger partial charge on any atom is 0.247 e. The summed E-state index contributed by atoms with van der Waals surface area (Å²) in [6.45, 7) is 2.23. The van der Waals surface area contributed by atoms with Crippen LogP contribution in [0.1, 0.15) is 44.3 Å². The van der Waals surface area contributed by atoms with Crippen LogP contribution >= 0.6 is 0 Å². The van der Waals surface area contributed by atoms with Gasteiger partial charge in [0.25, 0.3) is 0 Å². The number of pyridine rings is 2. The van der Waals surface area contributed by atoms with Crippen LogP contribution in [0.2, 0.25) is 0 Å². The zero-order valence-corrected chi connectivity index (χ0v) is 14.0. The molecule has 5 nitrogen and oxygen atoms in total. The van der Waals surface area contributed by atoms with Gasteiger partial charge < -0.3 is 14.7 Å². The molecule has 2 N–H and O–H groups in total. The molecule has 0 radical (unpaired) electrons. The van der Waals surface area contributed by atoms with Gasteiger partial charge in [0.05, 0.1) is 11.9 Å². The minimum Gasteiger partial charge on any atom is -0.329 e. The first kappa shape index (κ1) is 16.5. The van der Waals surface area contributed by atoms with Gasteiger partial charge in [-0.3, -0.25) is 4.79 Å². The average Bonchev–Trinajstić information content (AvgIpc) is 3.25. The molecule has 3 aromatic rings. The summed E-state index contributed by atoms with van der Waals surface area (Å²) in [6, 6.07) is 12.1. The molecule has 1 fully saturated rings. The number of aromatic nitrogens is 3. The average molecular weight is 324 g/mol. The first-order valence-electron chi connectivity index (χ1n) is 8.56. The Hall–Kier alpha value is -2.40. The number of imidazole rings is 1. The standard InChI is InChI=1S/C14H19N3.C5H5NO/c1-11(16-12-6-2-3-7-12)13-10-15-14-8-4-5-9-17(13)14;7-5-3-1-2-4-6-5/h4-5,8-12,16H,2-3,6-7H2,1H3;1-4H,(H,6,7). The number of hydrogen-bond donors (Lipinski definition) is 2. The lowest BCUT2D eigenvalue weighted by Crippen LogP contribution is -2.29. The third kappa shape index (κ3) is 4.11. The van der Waals surface area contributed by atoms with Gasteiger partial charge in [-0.2, -0.15) is 0 Å².